The van der Waals surface area contributed by atoms with E-state index in [1.165, 1.54) is 0 Å². The number of rotatable bonds is 6. The second kappa shape index (κ2) is 7.78. The maximum Gasteiger partial charge on any atom is 0.318 e. The Bertz CT molecular complexity index is 497. The maximum atomic E-state index is 11.1. The van der Waals surface area contributed by atoms with Crippen LogP contribution < -0.4 is 15.8 Å². The van der Waals surface area contributed by atoms with Gasteiger partial charge in [-0.25, -0.2) is 4.79 Å². The van der Waals surface area contributed by atoms with Crippen molar-refractivity contribution in [3.63, 3.8) is 0 Å². The number of ether oxygens (including phenoxy) is 1. The highest BCUT2D eigenvalue weighted by Gasteiger charge is 2.05. The first-order valence-electron chi connectivity index (χ1n) is 6.00. The number of oxime groups is 1. The van der Waals surface area contributed by atoms with Crippen molar-refractivity contribution in [2.24, 2.45) is 10.9 Å². The third-order valence-corrected chi connectivity index (χ3v) is 2.50. The smallest absolute Gasteiger partial charge is 0.318 e. The fraction of sp³-hybridized carbons (Fsp3) is 0.308. The third-order valence-electron chi connectivity index (χ3n) is 2.50. The van der Waals surface area contributed by atoms with Gasteiger partial charge in [-0.15, -0.1) is 0 Å². The molecule has 0 heterocycles. The lowest BCUT2D eigenvalue weighted by atomic mass is 10.1. The molecular formula is C13H17N3O4. The highest BCUT2D eigenvalue weighted by Crippen LogP contribution is 2.13. The summed E-state index contributed by atoms with van der Waals surface area (Å²) >= 11 is 0. The average molecular weight is 279 g/mol. The van der Waals surface area contributed by atoms with Gasteiger partial charge >= 0.3 is 6.03 Å². The largest absolute Gasteiger partial charge is 0.484 e. The zero-order valence-electron chi connectivity index (χ0n) is 11.1. The molecule has 1 rings (SSSR count). The number of nitrogens with zero attached hydrogens (tertiary/aromatic N) is 1. The number of hydrogen-bond donors (Lipinski definition) is 3. The Morgan fingerprint density at radius 1 is 1.35 bits per heavy atom. The molecule has 0 atom stereocenters. The van der Waals surface area contributed by atoms with Crippen LogP contribution in [0.25, 0.3) is 0 Å². The van der Waals surface area contributed by atoms with Gasteiger partial charge in [0.25, 0.3) is 5.91 Å². The normalized spacial score (nSPS) is 10.9. The van der Waals surface area contributed by atoms with E-state index in [9.17, 15) is 9.59 Å². The first-order chi connectivity index (χ1) is 9.51. The monoisotopic (exact) mass is 279 g/mol. The van der Waals surface area contributed by atoms with Gasteiger partial charge in [0.05, 0.1) is 5.71 Å². The molecule has 0 aromatic heterocycles. The summed E-state index contributed by atoms with van der Waals surface area (Å²) in [6.07, 6.45) is 1.41. The van der Waals surface area contributed by atoms with Gasteiger partial charge in [0.15, 0.2) is 6.61 Å². The second-order valence-corrected chi connectivity index (χ2v) is 4.18. The minimum absolute atomic E-state index is 0.279. The maximum absolute atomic E-state index is 11.1. The molecule has 3 amide bonds. The fourth-order valence-corrected chi connectivity index (χ4v) is 1.45. The van der Waals surface area contributed by atoms with E-state index in [0.29, 0.717) is 17.9 Å². The van der Waals surface area contributed by atoms with Crippen LogP contribution in [0, 0.1) is 0 Å². The number of nitrogens with two attached hydrogens (primary N) is 1. The van der Waals surface area contributed by atoms with Crippen molar-refractivity contribution in [3.05, 3.63) is 29.8 Å². The topological polar surface area (TPSA) is 114 Å². The van der Waals surface area contributed by atoms with Crippen LogP contribution in [0.1, 0.15) is 18.9 Å². The van der Waals surface area contributed by atoms with Gasteiger partial charge in [-0.2, -0.15) is 0 Å². The van der Waals surface area contributed by atoms with Crippen LogP contribution in [0.3, 0.4) is 0 Å². The number of carbonyl (C=O) groups is 2. The molecule has 7 heteroatoms. The van der Waals surface area contributed by atoms with E-state index in [1.807, 2.05) is 17.4 Å². The first-order valence-corrected chi connectivity index (χ1v) is 6.00. The summed E-state index contributed by atoms with van der Waals surface area (Å²) in [7, 11) is 0. The van der Waals surface area contributed by atoms with Crippen LogP contribution in [-0.4, -0.2) is 29.5 Å². The molecule has 1 aromatic carbocycles. The summed E-state index contributed by atoms with van der Waals surface area (Å²) in [5.74, 6) is -0.0859. The van der Waals surface area contributed by atoms with E-state index in [2.05, 4.69) is 5.16 Å². The molecular weight excluding hydrogens is 262 g/mol. The molecule has 4 N–H and O–H groups in total. The first kappa shape index (κ1) is 15.5. The lowest BCUT2D eigenvalue weighted by molar-refractivity contribution is -0.121. The number of nitrogens with one attached hydrogen (secondary N) is 1. The van der Waals surface area contributed by atoms with Crippen LogP contribution in [0.2, 0.25) is 0 Å². The SMILES string of the molecule is C/C(CCc1ccc(OCC(=O)NC(N)=O)cc1)=N\O. The van der Waals surface area contributed by atoms with Gasteiger partial charge in [-0.1, -0.05) is 17.3 Å². The Morgan fingerprint density at radius 3 is 2.55 bits per heavy atom. The van der Waals surface area contributed by atoms with E-state index in [4.69, 9.17) is 15.7 Å². The number of imide groups is 1. The van der Waals surface area contributed by atoms with Gasteiger partial charge in [0.1, 0.15) is 5.75 Å². The molecule has 7 nitrogen and oxygen atoms in total. The second-order valence-electron chi connectivity index (χ2n) is 4.18. The predicted octanol–water partition coefficient (Wildman–Crippen LogP) is 1.04. The van der Waals surface area contributed by atoms with Gasteiger partial charge < -0.3 is 15.7 Å². The number of amides is 3. The lowest BCUT2D eigenvalue weighted by Crippen LogP contribution is -2.38. The van der Waals surface area contributed by atoms with E-state index >= 15 is 0 Å². The van der Waals surface area contributed by atoms with Crippen molar-refractivity contribution < 1.29 is 19.5 Å². The number of benzene rings is 1. The van der Waals surface area contributed by atoms with Crippen molar-refractivity contribution in [2.75, 3.05) is 6.61 Å². The molecule has 0 saturated carbocycles. The van der Waals surface area contributed by atoms with E-state index < -0.39 is 11.9 Å². The lowest BCUT2D eigenvalue weighted by Gasteiger charge is -2.06. The molecule has 0 aliphatic carbocycles. The van der Waals surface area contributed by atoms with Crippen LogP contribution in [0.15, 0.2) is 29.4 Å². The van der Waals surface area contributed by atoms with Crippen molar-refractivity contribution in [1.82, 2.24) is 5.32 Å². The average Bonchev–Trinajstić information content (AvgIpc) is 2.43. The summed E-state index contributed by atoms with van der Waals surface area (Å²) in [5, 5.41) is 13.5. The Hall–Kier alpha value is -2.57. The zero-order valence-corrected chi connectivity index (χ0v) is 11.1. The Balaban J connectivity index is 2.42. The molecule has 0 fully saturated rings. The van der Waals surface area contributed by atoms with Crippen LogP contribution in [0.4, 0.5) is 4.79 Å². The molecule has 0 spiro atoms. The number of hydrogen-bond acceptors (Lipinski definition) is 5. The highest BCUT2D eigenvalue weighted by molar-refractivity contribution is 5.94. The third kappa shape index (κ3) is 5.85. The van der Waals surface area contributed by atoms with Crippen molar-refractivity contribution >= 4 is 17.6 Å². The van der Waals surface area contributed by atoms with Crippen molar-refractivity contribution in [1.29, 1.82) is 0 Å². The fourth-order valence-electron chi connectivity index (χ4n) is 1.45. The van der Waals surface area contributed by atoms with Gasteiger partial charge in [-0.3, -0.25) is 10.1 Å². The minimum Gasteiger partial charge on any atom is -0.484 e. The van der Waals surface area contributed by atoms with Gasteiger partial charge in [0.2, 0.25) is 0 Å². The van der Waals surface area contributed by atoms with E-state index in [0.717, 1.165) is 12.0 Å². The summed E-state index contributed by atoms with van der Waals surface area (Å²) in [6, 6.07) is 6.24. The quantitative estimate of drug-likeness (QED) is 0.410. The van der Waals surface area contributed by atoms with Gasteiger partial charge in [0, 0.05) is 0 Å². The predicted molar refractivity (Wildman–Crippen MR) is 72.9 cm³/mol. The summed E-state index contributed by atoms with van der Waals surface area (Å²) in [5.41, 5.74) is 6.52. The molecule has 0 saturated heterocycles. The van der Waals surface area contributed by atoms with Crippen molar-refractivity contribution in [3.8, 4) is 5.75 Å². The van der Waals surface area contributed by atoms with E-state index in [1.54, 1.807) is 19.1 Å². The summed E-state index contributed by atoms with van der Waals surface area (Å²) in [4.78, 5) is 21.6. The minimum atomic E-state index is -0.908. The number of carbonyl (C=O) groups excluding carboxylic acids is 2. The highest BCUT2D eigenvalue weighted by atomic mass is 16.5. The zero-order chi connectivity index (χ0) is 15.0. The van der Waals surface area contributed by atoms with Crippen LogP contribution in [0.5, 0.6) is 5.75 Å². The molecule has 108 valence electrons. The molecule has 20 heavy (non-hydrogen) atoms. The summed E-state index contributed by atoms with van der Waals surface area (Å²) < 4.78 is 5.19. The van der Waals surface area contributed by atoms with Crippen LogP contribution >= 0.6 is 0 Å². The van der Waals surface area contributed by atoms with E-state index in [-0.39, 0.29) is 6.61 Å². The van der Waals surface area contributed by atoms with Crippen molar-refractivity contribution in [2.45, 2.75) is 19.8 Å². The molecule has 0 unspecified atom stereocenters. The molecule has 0 bridgehead atoms. The number of primary amides is 1. The standard InChI is InChI=1S/C13H17N3O4/c1-9(16-19)2-3-10-4-6-11(7-5-10)20-8-12(17)15-13(14)18/h4-7,19H,2-3,8H2,1H3,(H3,14,15,17,18)/b16-9+. The molecule has 0 radical (unpaired) electrons. The number of aryl methyl sites for hydroxylation is 1. The van der Waals surface area contributed by atoms with Crippen LogP contribution in [-0.2, 0) is 11.2 Å². The molecule has 0 aliphatic rings. The Kier molecular flexibility index (Phi) is 6.02. The number of urea groups is 1. The Morgan fingerprint density at radius 2 is 2.00 bits per heavy atom. The molecule has 1 aromatic rings. The summed E-state index contributed by atoms with van der Waals surface area (Å²) in [6.45, 7) is 1.47. The molecule has 0 aliphatic heterocycles. The van der Waals surface area contributed by atoms with Gasteiger partial charge in [-0.05, 0) is 37.5 Å². The Labute approximate surface area is 116 Å².